The van der Waals surface area contributed by atoms with Crippen LogP contribution in [0.4, 0.5) is 18.0 Å². The first-order valence-electron chi connectivity index (χ1n) is 13.7. The lowest BCUT2D eigenvalue weighted by molar-refractivity contribution is -0.274. The molecule has 1 aliphatic rings. The number of alkyl halides is 3. The number of rotatable bonds is 9. The minimum atomic E-state index is -4.97. The number of carbonyl (C=O) groups excluding carboxylic acids is 3. The van der Waals surface area contributed by atoms with Crippen molar-refractivity contribution in [1.29, 1.82) is 0 Å². The van der Waals surface area contributed by atoms with Crippen LogP contribution >= 0.6 is 11.8 Å². The number of methoxy groups -OCH3 is 2. The molecule has 3 atom stereocenters. The maximum Gasteiger partial charge on any atom is 0.573 e. The zero-order valence-electron chi connectivity index (χ0n) is 24.7. The van der Waals surface area contributed by atoms with Gasteiger partial charge in [0, 0.05) is 29.1 Å². The number of ether oxygens (including phenoxy) is 3. The Bertz CT molecular complexity index is 1490. The van der Waals surface area contributed by atoms with Crippen molar-refractivity contribution in [3.05, 3.63) is 60.0 Å². The molecule has 0 aliphatic carbocycles. The van der Waals surface area contributed by atoms with Crippen LogP contribution in [0.2, 0.25) is 0 Å². The molecular weight excluding hydrogens is 601 g/mol. The van der Waals surface area contributed by atoms with Gasteiger partial charge in [-0.3, -0.25) is 4.79 Å². The summed E-state index contributed by atoms with van der Waals surface area (Å²) in [4.78, 5) is 47.1. The topological polar surface area (TPSA) is 123 Å². The van der Waals surface area contributed by atoms with Crippen molar-refractivity contribution in [2.45, 2.75) is 44.0 Å². The number of halogens is 3. The third-order valence-electron chi connectivity index (χ3n) is 7.30. The highest BCUT2D eigenvalue weighted by Gasteiger charge is 2.41. The number of H-pyrrole nitrogens is 1. The number of imidazole rings is 1. The summed E-state index contributed by atoms with van der Waals surface area (Å²) >= 11 is 1.65. The third kappa shape index (κ3) is 7.47. The van der Waals surface area contributed by atoms with Crippen LogP contribution in [0, 0.1) is 5.92 Å². The number of carbonyl (C=O) groups is 3. The van der Waals surface area contributed by atoms with E-state index in [9.17, 15) is 27.6 Å². The Morgan fingerprint density at radius 2 is 1.75 bits per heavy atom. The van der Waals surface area contributed by atoms with Crippen molar-refractivity contribution in [2.75, 3.05) is 27.0 Å². The van der Waals surface area contributed by atoms with E-state index in [1.807, 2.05) is 20.1 Å². The van der Waals surface area contributed by atoms with E-state index in [0.29, 0.717) is 35.6 Å². The molecule has 4 rings (SSSR count). The van der Waals surface area contributed by atoms with Crippen LogP contribution in [0.1, 0.15) is 42.5 Å². The number of esters is 1. The number of benzene rings is 2. The number of hydrogen-bond acceptors (Lipinski definition) is 8. The molecule has 2 N–H and O–H groups in total. The fourth-order valence-corrected chi connectivity index (χ4v) is 5.72. The molecule has 2 amide bonds. The zero-order chi connectivity index (χ0) is 32.2. The number of nitrogens with one attached hydrogen (secondary N) is 2. The number of thioether (sulfide) groups is 1. The maximum atomic E-state index is 13.6. The minimum Gasteiger partial charge on any atom is -0.465 e. The van der Waals surface area contributed by atoms with Gasteiger partial charge < -0.3 is 29.4 Å². The normalized spacial score (nSPS) is 17.3. The molecule has 0 saturated carbocycles. The SMILES string of the molecule is COC(=O)NC(C(=O)N1C[C@@H](SC)C[C@H]1c1nc(-c2ccc(-c3ccc(C(=O)OC)cc3OC(F)(F)F)cc2)c[nH]1)C(C)C. The maximum absolute atomic E-state index is 13.6. The molecule has 2 aromatic carbocycles. The van der Waals surface area contributed by atoms with Crippen molar-refractivity contribution >= 4 is 29.7 Å². The monoisotopic (exact) mass is 634 g/mol. The Labute approximate surface area is 256 Å². The number of likely N-dealkylation sites (tertiary alicyclic amines) is 1. The van der Waals surface area contributed by atoms with Crippen LogP contribution in [0.5, 0.6) is 5.75 Å². The van der Waals surface area contributed by atoms with E-state index < -0.39 is 30.2 Å². The average molecular weight is 635 g/mol. The molecule has 1 fully saturated rings. The lowest BCUT2D eigenvalue weighted by Gasteiger charge is -2.30. The second-order valence-corrected chi connectivity index (χ2v) is 11.6. The highest BCUT2D eigenvalue weighted by Crippen LogP contribution is 2.38. The first kappa shape index (κ1) is 32.7. The lowest BCUT2D eigenvalue weighted by Crippen LogP contribution is -2.51. The van der Waals surface area contributed by atoms with Crippen molar-refractivity contribution in [2.24, 2.45) is 5.92 Å². The number of nitrogens with zero attached hydrogens (tertiary/aromatic N) is 2. The highest BCUT2D eigenvalue weighted by molar-refractivity contribution is 7.99. The van der Waals surface area contributed by atoms with Gasteiger partial charge in [-0.05, 0) is 42.4 Å². The number of alkyl carbamates (subject to hydrolysis) is 1. The number of hydrogen-bond donors (Lipinski definition) is 2. The zero-order valence-corrected chi connectivity index (χ0v) is 25.5. The van der Waals surface area contributed by atoms with E-state index >= 15 is 0 Å². The van der Waals surface area contributed by atoms with Gasteiger partial charge in [0.15, 0.2) is 0 Å². The van der Waals surface area contributed by atoms with E-state index in [1.54, 1.807) is 47.1 Å². The largest absolute Gasteiger partial charge is 0.573 e. The van der Waals surface area contributed by atoms with E-state index in [0.717, 1.165) is 13.2 Å². The van der Waals surface area contributed by atoms with Gasteiger partial charge in [-0.1, -0.05) is 38.1 Å². The summed E-state index contributed by atoms with van der Waals surface area (Å²) in [6.07, 6.45) is -1.31. The predicted octanol–water partition coefficient (Wildman–Crippen LogP) is 5.81. The van der Waals surface area contributed by atoms with Crippen LogP contribution < -0.4 is 10.1 Å². The summed E-state index contributed by atoms with van der Waals surface area (Å²) in [7, 11) is 2.38. The fraction of sp³-hybridized carbons (Fsp3) is 0.400. The second kappa shape index (κ2) is 13.6. The fourth-order valence-electron chi connectivity index (χ4n) is 5.04. The first-order chi connectivity index (χ1) is 20.8. The van der Waals surface area contributed by atoms with Gasteiger partial charge in [-0.25, -0.2) is 14.6 Å². The van der Waals surface area contributed by atoms with Crippen LogP contribution in [0.3, 0.4) is 0 Å². The van der Waals surface area contributed by atoms with Crippen LogP contribution in [0.15, 0.2) is 48.7 Å². The summed E-state index contributed by atoms with van der Waals surface area (Å²) < 4.78 is 53.0. The molecule has 1 aromatic heterocycles. The smallest absolute Gasteiger partial charge is 0.465 e. The van der Waals surface area contributed by atoms with Crippen molar-refractivity contribution in [3.8, 4) is 28.1 Å². The third-order valence-corrected chi connectivity index (χ3v) is 8.31. The van der Waals surface area contributed by atoms with Crippen LogP contribution in [-0.2, 0) is 14.3 Å². The lowest BCUT2D eigenvalue weighted by atomic mass is 10.0. The van der Waals surface area contributed by atoms with Crippen LogP contribution in [-0.4, -0.2) is 77.5 Å². The van der Waals surface area contributed by atoms with Gasteiger partial charge in [0.1, 0.15) is 17.6 Å². The minimum absolute atomic E-state index is 0.0832. The number of amides is 2. The molecule has 0 radical (unpaired) electrons. The predicted molar refractivity (Wildman–Crippen MR) is 158 cm³/mol. The Morgan fingerprint density at radius 1 is 1.07 bits per heavy atom. The van der Waals surface area contributed by atoms with Crippen molar-refractivity contribution < 1.29 is 41.8 Å². The highest BCUT2D eigenvalue weighted by atomic mass is 32.2. The molecule has 1 unspecified atom stereocenters. The van der Waals surface area contributed by atoms with Gasteiger partial charge in [0.2, 0.25) is 5.91 Å². The molecule has 1 saturated heterocycles. The molecule has 0 spiro atoms. The standard InChI is InChI=1S/C30H33F3N4O6S/c1-16(2)25(36-29(40)42-4)27(38)37-15-20(44-5)13-23(37)26-34-14-22(35-26)18-8-6-17(7-9-18)21-11-10-19(28(39)41-3)12-24(21)43-30(31,32)33/h6-12,14,16,20,23,25H,13,15H2,1-5H3,(H,34,35)(H,36,40)/t20-,23-,25?/m0/s1. The van der Waals surface area contributed by atoms with E-state index in [1.165, 1.54) is 19.2 Å². The Kier molecular flexibility index (Phi) is 10.1. The Balaban J connectivity index is 1.60. The first-order valence-corrected chi connectivity index (χ1v) is 15.0. The quantitative estimate of drug-likeness (QED) is 0.283. The van der Waals surface area contributed by atoms with Crippen molar-refractivity contribution in [3.63, 3.8) is 0 Å². The number of aromatic nitrogens is 2. The summed E-state index contributed by atoms with van der Waals surface area (Å²) in [6.45, 7) is 4.17. The summed E-state index contributed by atoms with van der Waals surface area (Å²) in [6, 6.07) is 9.24. The molecule has 10 nitrogen and oxygen atoms in total. The van der Waals surface area contributed by atoms with E-state index in [-0.39, 0.29) is 34.2 Å². The second-order valence-electron chi connectivity index (χ2n) is 10.5. The molecule has 1 aliphatic heterocycles. The Hall–Kier alpha value is -4.20. The van der Waals surface area contributed by atoms with E-state index in [2.05, 4.69) is 19.8 Å². The van der Waals surface area contributed by atoms with Crippen molar-refractivity contribution in [1.82, 2.24) is 20.2 Å². The molecular formula is C30H33F3N4O6S. The molecule has 14 heteroatoms. The molecule has 44 heavy (non-hydrogen) atoms. The summed E-state index contributed by atoms with van der Waals surface area (Å²) in [5, 5.41) is 2.81. The summed E-state index contributed by atoms with van der Waals surface area (Å²) in [5.74, 6) is -1.16. The van der Waals surface area contributed by atoms with E-state index in [4.69, 9.17) is 9.72 Å². The molecule has 0 bridgehead atoms. The van der Waals surface area contributed by atoms with Gasteiger partial charge in [0.25, 0.3) is 0 Å². The molecule has 236 valence electrons. The Morgan fingerprint density at radius 3 is 2.34 bits per heavy atom. The van der Waals surface area contributed by atoms with Gasteiger partial charge in [-0.15, -0.1) is 13.2 Å². The van der Waals surface area contributed by atoms with Gasteiger partial charge >= 0.3 is 18.4 Å². The summed E-state index contributed by atoms with van der Waals surface area (Å²) in [5.41, 5.74) is 1.74. The van der Waals surface area contributed by atoms with Gasteiger partial charge in [-0.2, -0.15) is 11.8 Å². The number of aromatic amines is 1. The van der Waals surface area contributed by atoms with Crippen LogP contribution in [0.25, 0.3) is 22.4 Å². The molecule has 2 heterocycles. The average Bonchev–Trinajstić information content (AvgIpc) is 3.66. The van der Waals surface area contributed by atoms with Gasteiger partial charge in [0.05, 0.1) is 31.5 Å². The molecule has 3 aromatic rings.